The standard InChI is InChI=1S/C45H40N4O2/c1-5-47-38-24-40-36(22-27(38)3)45(37-23-28(4)39(48-6-2)25-41(37)51-40)35-13-8-7-12-34(35)44(50)49(45)21-20-46-26-32-17-16-31-15-14-29-10-9-11-30-18-19-33(32)43(31)42(29)30/h7-19,22-26,47-48H,5-6,20-21H2,1-4H3. The van der Waals surface area contributed by atoms with Crippen molar-refractivity contribution < 1.29 is 9.53 Å². The molecular formula is C45H40N4O2. The third-order valence-corrected chi connectivity index (χ3v) is 10.8. The Hall–Kier alpha value is -5.88. The highest BCUT2D eigenvalue weighted by molar-refractivity contribution is 6.25. The van der Waals surface area contributed by atoms with E-state index in [0.717, 1.165) is 69.3 Å². The van der Waals surface area contributed by atoms with Gasteiger partial charge in [-0.2, -0.15) is 0 Å². The van der Waals surface area contributed by atoms with Gasteiger partial charge < -0.3 is 20.3 Å². The van der Waals surface area contributed by atoms with E-state index in [1.54, 1.807) is 0 Å². The van der Waals surface area contributed by atoms with Crippen molar-refractivity contribution in [1.82, 2.24) is 4.90 Å². The Labute approximate surface area is 298 Å². The Bertz CT molecular complexity index is 2470. The summed E-state index contributed by atoms with van der Waals surface area (Å²) in [6.45, 7) is 10.9. The van der Waals surface area contributed by atoms with Crippen LogP contribution in [0.5, 0.6) is 11.5 Å². The summed E-state index contributed by atoms with van der Waals surface area (Å²) < 4.78 is 6.77. The molecule has 0 bridgehead atoms. The van der Waals surface area contributed by atoms with Gasteiger partial charge in [0.05, 0.1) is 6.54 Å². The predicted octanol–water partition coefficient (Wildman–Crippen LogP) is 10.0. The summed E-state index contributed by atoms with van der Waals surface area (Å²) in [5, 5.41) is 14.5. The zero-order chi connectivity index (χ0) is 34.9. The molecule has 2 aliphatic rings. The molecule has 0 aromatic heterocycles. The zero-order valence-corrected chi connectivity index (χ0v) is 29.4. The molecule has 0 saturated carbocycles. The zero-order valence-electron chi connectivity index (χ0n) is 29.4. The third-order valence-electron chi connectivity index (χ3n) is 10.8. The van der Waals surface area contributed by atoms with Gasteiger partial charge in [-0.15, -0.1) is 0 Å². The number of nitrogens with one attached hydrogen (secondary N) is 2. The molecular weight excluding hydrogens is 629 g/mol. The molecule has 1 spiro atoms. The Morgan fingerprint density at radius 1 is 0.706 bits per heavy atom. The fourth-order valence-corrected chi connectivity index (χ4v) is 8.61. The molecule has 0 unspecified atom stereocenters. The van der Waals surface area contributed by atoms with Crippen LogP contribution in [-0.2, 0) is 5.54 Å². The number of fused-ring (bicyclic) bond motifs is 6. The summed E-state index contributed by atoms with van der Waals surface area (Å²) in [6, 6.07) is 36.3. The maximum atomic E-state index is 14.6. The molecule has 0 aliphatic carbocycles. The van der Waals surface area contributed by atoms with E-state index in [9.17, 15) is 4.79 Å². The average molecular weight is 669 g/mol. The number of carbonyl (C=O) groups is 1. The van der Waals surface area contributed by atoms with Gasteiger partial charge in [0.1, 0.15) is 17.0 Å². The minimum Gasteiger partial charge on any atom is -0.456 e. The van der Waals surface area contributed by atoms with Crippen LogP contribution in [0.15, 0.2) is 108 Å². The second kappa shape index (κ2) is 11.9. The smallest absolute Gasteiger partial charge is 0.255 e. The fraction of sp³-hybridized carbons (Fsp3) is 0.200. The first-order chi connectivity index (χ1) is 24.9. The Morgan fingerprint density at radius 3 is 1.98 bits per heavy atom. The number of hydrogen-bond acceptors (Lipinski definition) is 5. The minimum atomic E-state index is -0.885. The molecule has 0 radical (unpaired) electrons. The van der Waals surface area contributed by atoms with Gasteiger partial charge >= 0.3 is 0 Å². The summed E-state index contributed by atoms with van der Waals surface area (Å²) in [5.74, 6) is 1.51. The molecule has 51 heavy (non-hydrogen) atoms. The van der Waals surface area contributed by atoms with Gasteiger partial charge in [0.15, 0.2) is 0 Å². The maximum absolute atomic E-state index is 14.6. The lowest BCUT2D eigenvalue weighted by atomic mass is 9.73. The molecule has 7 aromatic rings. The second-order valence-electron chi connectivity index (χ2n) is 13.7. The van der Waals surface area contributed by atoms with Crippen LogP contribution in [0, 0.1) is 13.8 Å². The Morgan fingerprint density at radius 2 is 1.31 bits per heavy atom. The van der Waals surface area contributed by atoms with Crippen LogP contribution in [0.3, 0.4) is 0 Å². The van der Waals surface area contributed by atoms with Crippen molar-refractivity contribution in [2.75, 3.05) is 36.8 Å². The minimum absolute atomic E-state index is 0.00385. The first-order valence-electron chi connectivity index (χ1n) is 18.0. The van der Waals surface area contributed by atoms with Crippen LogP contribution in [0.2, 0.25) is 0 Å². The van der Waals surface area contributed by atoms with Gasteiger partial charge in [-0.3, -0.25) is 9.79 Å². The monoisotopic (exact) mass is 668 g/mol. The number of ether oxygens (including phenoxy) is 1. The summed E-state index contributed by atoms with van der Waals surface area (Å²) in [4.78, 5) is 21.7. The van der Waals surface area contributed by atoms with Crippen molar-refractivity contribution in [2.24, 2.45) is 4.99 Å². The lowest BCUT2D eigenvalue weighted by Crippen LogP contribution is -2.48. The van der Waals surface area contributed by atoms with E-state index < -0.39 is 5.54 Å². The normalized spacial score (nSPS) is 14.4. The van der Waals surface area contributed by atoms with Crippen molar-refractivity contribution in [3.05, 3.63) is 142 Å². The van der Waals surface area contributed by atoms with E-state index in [1.807, 2.05) is 29.3 Å². The van der Waals surface area contributed by atoms with Crippen LogP contribution in [-0.4, -0.2) is 43.2 Å². The topological polar surface area (TPSA) is 66.0 Å². The van der Waals surface area contributed by atoms with Crippen molar-refractivity contribution >= 4 is 55.8 Å². The van der Waals surface area contributed by atoms with Crippen LogP contribution >= 0.6 is 0 Å². The quantitative estimate of drug-likeness (QED) is 0.125. The first-order valence-corrected chi connectivity index (χ1v) is 18.0. The number of benzene rings is 7. The van der Waals surface area contributed by atoms with E-state index >= 15 is 0 Å². The number of anilines is 2. The molecule has 252 valence electrons. The van der Waals surface area contributed by atoms with Crippen LogP contribution in [0.4, 0.5) is 11.4 Å². The summed E-state index contributed by atoms with van der Waals surface area (Å²) in [6.07, 6.45) is 1.98. The van der Waals surface area contributed by atoms with Gasteiger partial charge in [-0.05, 0) is 94.9 Å². The molecule has 1 amide bonds. The maximum Gasteiger partial charge on any atom is 0.255 e. The number of nitrogens with zero attached hydrogens (tertiary/aromatic N) is 2. The number of hydrogen-bond donors (Lipinski definition) is 2. The van der Waals surface area contributed by atoms with Gasteiger partial charge in [-0.25, -0.2) is 0 Å². The molecule has 0 atom stereocenters. The average Bonchev–Trinajstić information content (AvgIpc) is 3.39. The number of aliphatic imine (C=N–C) groups is 1. The molecule has 7 aromatic carbocycles. The van der Waals surface area contributed by atoms with Gasteiger partial charge in [0.2, 0.25) is 0 Å². The van der Waals surface area contributed by atoms with Gasteiger partial charge in [0, 0.05) is 71.6 Å². The number of aryl methyl sites for hydroxylation is 2. The summed E-state index contributed by atoms with van der Waals surface area (Å²) in [5.41, 5.74) is 8.08. The molecule has 0 fully saturated rings. The SMILES string of the molecule is CCNc1cc2c(cc1C)C1(c3cc(C)c(NCC)cc3O2)c2ccccc2C(=O)N1CCN=Cc1ccc2ccc3cccc4ccc1c2c34. The van der Waals surface area contributed by atoms with Crippen molar-refractivity contribution in [1.29, 1.82) is 0 Å². The number of carbonyl (C=O) groups excluding carboxylic acids is 1. The fourth-order valence-electron chi connectivity index (χ4n) is 8.61. The van der Waals surface area contributed by atoms with E-state index in [4.69, 9.17) is 9.73 Å². The van der Waals surface area contributed by atoms with Crippen LogP contribution in [0.25, 0.3) is 32.3 Å². The Kier molecular flexibility index (Phi) is 7.25. The lowest BCUT2D eigenvalue weighted by molar-refractivity contribution is 0.0673. The number of amides is 1. The molecule has 6 heteroatoms. The van der Waals surface area contributed by atoms with E-state index in [0.29, 0.717) is 18.7 Å². The van der Waals surface area contributed by atoms with Crippen molar-refractivity contribution in [3.8, 4) is 11.5 Å². The van der Waals surface area contributed by atoms with Crippen molar-refractivity contribution in [2.45, 2.75) is 33.2 Å². The van der Waals surface area contributed by atoms with Crippen LogP contribution < -0.4 is 15.4 Å². The highest BCUT2D eigenvalue weighted by Gasteiger charge is 2.56. The molecule has 6 nitrogen and oxygen atoms in total. The van der Waals surface area contributed by atoms with Gasteiger partial charge in [-0.1, -0.05) is 72.8 Å². The molecule has 2 aliphatic heterocycles. The third kappa shape index (κ3) is 4.55. The molecule has 0 saturated heterocycles. The van der Waals surface area contributed by atoms with Crippen LogP contribution in [0.1, 0.15) is 57.6 Å². The highest BCUT2D eigenvalue weighted by Crippen LogP contribution is 2.58. The molecule has 9 rings (SSSR count). The van der Waals surface area contributed by atoms with Gasteiger partial charge in [0.25, 0.3) is 5.91 Å². The van der Waals surface area contributed by atoms with E-state index in [1.165, 1.54) is 32.3 Å². The predicted molar refractivity (Wildman–Crippen MR) is 211 cm³/mol. The Balaban J connectivity index is 1.17. The second-order valence-corrected chi connectivity index (χ2v) is 13.7. The highest BCUT2D eigenvalue weighted by atomic mass is 16.5. The first kappa shape index (κ1) is 31.1. The van der Waals surface area contributed by atoms with Crippen molar-refractivity contribution in [3.63, 3.8) is 0 Å². The number of rotatable bonds is 8. The van der Waals surface area contributed by atoms with E-state index in [-0.39, 0.29) is 5.91 Å². The molecule has 2 heterocycles. The largest absolute Gasteiger partial charge is 0.456 e. The lowest BCUT2D eigenvalue weighted by Gasteiger charge is -2.44. The summed E-state index contributed by atoms with van der Waals surface area (Å²) >= 11 is 0. The summed E-state index contributed by atoms with van der Waals surface area (Å²) in [7, 11) is 0. The van der Waals surface area contributed by atoms with E-state index in [2.05, 4.69) is 123 Å². The molecule has 2 N–H and O–H groups in total.